The SMILES string of the molecule is NC(=O)CN1CCCC(c2ccc(C(=O)c3cc(-c4ccc5cn(Cc6ccccc6)nc5c4)c4c(N)ncnn34)cc2)C1. The van der Waals surface area contributed by atoms with E-state index in [4.69, 9.17) is 16.6 Å². The first kappa shape index (κ1) is 27.5. The third-order valence-electron chi connectivity index (χ3n) is 8.40. The molecule has 10 nitrogen and oxygen atoms in total. The summed E-state index contributed by atoms with van der Waals surface area (Å²) in [4.78, 5) is 31.6. The fourth-order valence-electron chi connectivity index (χ4n) is 6.28. The van der Waals surface area contributed by atoms with Gasteiger partial charge < -0.3 is 11.5 Å². The number of nitrogens with zero attached hydrogens (tertiary/aromatic N) is 6. The van der Waals surface area contributed by atoms with Crippen LogP contribution >= 0.6 is 0 Å². The van der Waals surface area contributed by atoms with Crippen LogP contribution in [0, 0.1) is 0 Å². The summed E-state index contributed by atoms with van der Waals surface area (Å²) in [6.07, 6.45) is 5.42. The molecule has 3 aromatic carbocycles. The number of carbonyl (C=O) groups excluding carboxylic acids is 2. The van der Waals surface area contributed by atoms with Gasteiger partial charge in [0.15, 0.2) is 5.82 Å². The van der Waals surface area contributed by atoms with Crippen LogP contribution in [-0.4, -0.2) is 60.6 Å². The van der Waals surface area contributed by atoms with Crippen LogP contribution in [0.2, 0.25) is 0 Å². The molecule has 1 aliphatic heterocycles. The lowest BCUT2D eigenvalue weighted by molar-refractivity contribution is -0.119. The van der Waals surface area contributed by atoms with Crippen LogP contribution < -0.4 is 11.5 Å². The fourth-order valence-corrected chi connectivity index (χ4v) is 6.28. The lowest BCUT2D eigenvalue weighted by Gasteiger charge is -2.32. The van der Waals surface area contributed by atoms with Crippen molar-refractivity contribution < 1.29 is 9.59 Å². The highest BCUT2D eigenvalue weighted by atomic mass is 16.1. The number of nitrogen functional groups attached to an aromatic ring is 1. The van der Waals surface area contributed by atoms with Crippen LogP contribution in [0.3, 0.4) is 0 Å². The van der Waals surface area contributed by atoms with Gasteiger partial charge in [-0.15, -0.1) is 0 Å². The Hall–Kier alpha value is -5.35. The van der Waals surface area contributed by atoms with Gasteiger partial charge in [0.25, 0.3) is 0 Å². The zero-order chi connectivity index (χ0) is 30.2. The number of benzene rings is 3. The molecule has 1 unspecified atom stereocenters. The second-order valence-corrected chi connectivity index (χ2v) is 11.4. The molecule has 7 rings (SSSR count). The summed E-state index contributed by atoms with van der Waals surface area (Å²) in [6, 6.07) is 25.8. The van der Waals surface area contributed by atoms with Gasteiger partial charge in [-0.05, 0) is 54.1 Å². The Morgan fingerprint density at radius 3 is 2.59 bits per heavy atom. The van der Waals surface area contributed by atoms with E-state index in [2.05, 4.69) is 27.1 Å². The molecule has 10 heteroatoms. The smallest absolute Gasteiger partial charge is 0.231 e. The monoisotopic (exact) mass is 584 g/mol. The van der Waals surface area contributed by atoms with Crippen molar-refractivity contribution in [3.8, 4) is 11.1 Å². The number of nitrogens with two attached hydrogens (primary N) is 2. The topological polar surface area (TPSA) is 137 Å². The molecule has 1 amide bonds. The summed E-state index contributed by atoms with van der Waals surface area (Å²) >= 11 is 0. The standard InChI is InChI=1S/C34H32N8O2/c35-31(43)20-40-14-4-7-26(18-40)23-8-10-24(11-9-23)33(44)30-16-28(32-34(36)37-21-38-42(30)32)25-12-13-27-19-41(39-29(27)15-25)17-22-5-2-1-3-6-22/h1-3,5-6,8-13,15-16,19,21,26H,4,7,14,17-18,20H2,(H2,35,43)(H2,36,37,38). The molecule has 4 N–H and O–H groups in total. The maximum Gasteiger partial charge on any atom is 0.231 e. The minimum Gasteiger partial charge on any atom is -0.382 e. The van der Waals surface area contributed by atoms with Crippen molar-refractivity contribution in [2.75, 3.05) is 25.4 Å². The Morgan fingerprint density at radius 1 is 0.977 bits per heavy atom. The number of piperidine rings is 1. The minimum absolute atomic E-state index is 0.164. The van der Waals surface area contributed by atoms with Gasteiger partial charge in [0, 0.05) is 29.3 Å². The molecule has 0 bridgehead atoms. The second-order valence-electron chi connectivity index (χ2n) is 11.4. The predicted octanol–water partition coefficient (Wildman–Crippen LogP) is 4.27. The Labute approximate surface area is 253 Å². The van der Waals surface area contributed by atoms with Gasteiger partial charge in [0.1, 0.15) is 17.5 Å². The number of amides is 1. The Kier molecular flexibility index (Phi) is 7.11. The third kappa shape index (κ3) is 5.31. The number of primary amides is 1. The zero-order valence-electron chi connectivity index (χ0n) is 24.1. The van der Waals surface area contributed by atoms with Crippen LogP contribution in [0.4, 0.5) is 5.82 Å². The molecule has 0 radical (unpaired) electrons. The van der Waals surface area contributed by atoms with Gasteiger partial charge in [0.2, 0.25) is 11.7 Å². The van der Waals surface area contributed by atoms with Crippen LogP contribution in [0.1, 0.15) is 45.9 Å². The van der Waals surface area contributed by atoms with E-state index in [-0.39, 0.29) is 30.0 Å². The summed E-state index contributed by atoms with van der Waals surface area (Å²) in [5.41, 5.74) is 18.1. The number of rotatable bonds is 8. The van der Waals surface area contributed by atoms with E-state index in [0.29, 0.717) is 23.3 Å². The normalized spacial score (nSPS) is 15.6. The molecule has 1 aliphatic rings. The minimum atomic E-state index is -0.313. The molecule has 0 spiro atoms. The molecule has 4 heterocycles. The molecule has 220 valence electrons. The lowest BCUT2D eigenvalue weighted by Crippen LogP contribution is -2.40. The summed E-state index contributed by atoms with van der Waals surface area (Å²) in [5.74, 6) is 0.0964. The van der Waals surface area contributed by atoms with Crippen molar-refractivity contribution in [3.05, 3.63) is 114 Å². The summed E-state index contributed by atoms with van der Waals surface area (Å²) in [5, 5.41) is 10.2. The average Bonchev–Trinajstić information content (AvgIpc) is 3.62. The van der Waals surface area contributed by atoms with Crippen LogP contribution in [0.25, 0.3) is 27.5 Å². The van der Waals surface area contributed by atoms with Crippen molar-refractivity contribution in [1.29, 1.82) is 0 Å². The Bertz CT molecular complexity index is 2000. The van der Waals surface area contributed by atoms with E-state index in [9.17, 15) is 9.59 Å². The van der Waals surface area contributed by atoms with Crippen LogP contribution in [0.5, 0.6) is 0 Å². The highest BCUT2D eigenvalue weighted by Crippen LogP contribution is 2.33. The molecule has 0 aliphatic carbocycles. The van der Waals surface area contributed by atoms with E-state index in [0.717, 1.165) is 53.5 Å². The number of ketones is 1. The summed E-state index contributed by atoms with van der Waals surface area (Å²) < 4.78 is 3.51. The molecule has 1 atom stereocenters. The second kappa shape index (κ2) is 11.4. The number of anilines is 1. The van der Waals surface area contributed by atoms with Gasteiger partial charge in [-0.2, -0.15) is 10.2 Å². The van der Waals surface area contributed by atoms with Crippen molar-refractivity contribution in [2.24, 2.45) is 5.73 Å². The molecule has 1 saturated heterocycles. The lowest BCUT2D eigenvalue weighted by atomic mass is 9.89. The molecule has 0 saturated carbocycles. The van der Waals surface area contributed by atoms with Gasteiger partial charge in [0.05, 0.1) is 18.6 Å². The highest BCUT2D eigenvalue weighted by molar-refractivity contribution is 6.10. The van der Waals surface area contributed by atoms with Crippen molar-refractivity contribution in [1.82, 2.24) is 29.3 Å². The largest absolute Gasteiger partial charge is 0.382 e. The quantitative estimate of drug-likeness (QED) is 0.255. The van der Waals surface area contributed by atoms with Gasteiger partial charge in [-0.25, -0.2) is 9.50 Å². The number of hydrogen-bond acceptors (Lipinski definition) is 7. The van der Waals surface area contributed by atoms with Crippen molar-refractivity contribution >= 4 is 33.9 Å². The number of likely N-dealkylation sites (tertiary alicyclic amines) is 1. The number of aromatic nitrogens is 5. The van der Waals surface area contributed by atoms with Crippen molar-refractivity contribution in [3.63, 3.8) is 0 Å². The van der Waals surface area contributed by atoms with Crippen LogP contribution in [0.15, 0.2) is 91.4 Å². The first-order chi connectivity index (χ1) is 21.4. The highest BCUT2D eigenvalue weighted by Gasteiger charge is 2.24. The maximum absolute atomic E-state index is 13.9. The molecule has 1 fully saturated rings. The van der Waals surface area contributed by atoms with E-state index in [1.807, 2.05) is 77.6 Å². The Balaban J connectivity index is 1.19. The van der Waals surface area contributed by atoms with E-state index in [1.54, 1.807) is 4.52 Å². The molecular weight excluding hydrogens is 552 g/mol. The predicted molar refractivity (Wildman–Crippen MR) is 169 cm³/mol. The summed E-state index contributed by atoms with van der Waals surface area (Å²) in [6.45, 7) is 2.58. The molecule has 3 aromatic heterocycles. The van der Waals surface area contributed by atoms with E-state index >= 15 is 0 Å². The number of carbonyl (C=O) groups is 2. The first-order valence-corrected chi connectivity index (χ1v) is 14.7. The average molecular weight is 585 g/mol. The third-order valence-corrected chi connectivity index (χ3v) is 8.40. The maximum atomic E-state index is 13.9. The first-order valence-electron chi connectivity index (χ1n) is 14.7. The van der Waals surface area contributed by atoms with Gasteiger partial charge in [-0.3, -0.25) is 19.2 Å². The Morgan fingerprint density at radius 2 is 1.80 bits per heavy atom. The van der Waals surface area contributed by atoms with E-state index in [1.165, 1.54) is 11.9 Å². The number of fused-ring (bicyclic) bond motifs is 2. The fraction of sp³-hybridized carbons (Fsp3) is 0.206. The number of hydrogen-bond donors (Lipinski definition) is 2. The van der Waals surface area contributed by atoms with Gasteiger partial charge >= 0.3 is 0 Å². The van der Waals surface area contributed by atoms with Gasteiger partial charge in [-0.1, -0.05) is 66.7 Å². The van der Waals surface area contributed by atoms with Crippen molar-refractivity contribution in [2.45, 2.75) is 25.3 Å². The van der Waals surface area contributed by atoms with Crippen LogP contribution in [-0.2, 0) is 11.3 Å². The van der Waals surface area contributed by atoms with E-state index < -0.39 is 0 Å². The summed E-state index contributed by atoms with van der Waals surface area (Å²) in [7, 11) is 0. The molecule has 44 heavy (non-hydrogen) atoms. The zero-order valence-corrected chi connectivity index (χ0v) is 24.1. The molecular formula is C34H32N8O2. The molecule has 6 aromatic rings.